The molecule has 0 bridgehead atoms. The van der Waals surface area contributed by atoms with Crippen molar-refractivity contribution in [3.05, 3.63) is 53.4 Å². The number of carbonyl (C=O) groups is 1. The number of aromatic nitrogens is 1. The van der Waals surface area contributed by atoms with Gasteiger partial charge < -0.3 is 9.84 Å². The summed E-state index contributed by atoms with van der Waals surface area (Å²) >= 11 is 0. The summed E-state index contributed by atoms with van der Waals surface area (Å²) in [5.74, 6) is 0.843. The van der Waals surface area contributed by atoms with Gasteiger partial charge in [-0.15, -0.1) is 0 Å². The summed E-state index contributed by atoms with van der Waals surface area (Å²) in [6.07, 6.45) is 1.91. The van der Waals surface area contributed by atoms with E-state index in [9.17, 15) is 4.79 Å². The average Bonchev–Trinajstić information content (AvgIpc) is 3.09. The lowest BCUT2D eigenvalue weighted by atomic mass is 9.97. The zero-order valence-corrected chi connectivity index (χ0v) is 15.2. The van der Waals surface area contributed by atoms with Crippen molar-refractivity contribution in [1.29, 1.82) is 0 Å². The number of likely N-dealkylation sites (tertiary alicyclic amines) is 1. The molecule has 1 amide bonds. The van der Waals surface area contributed by atoms with Crippen LogP contribution in [0.25, 0.3) is 0 Å². The fourth-order valence-corrected chi connectivity index (χ4v) is 3.33. The monoisotopic (exact) mass is 341 g/mol. The van der Waals surface area contributed by atoms with Gasteiger partial charge >= 0.3 is 0 Å². The number of rotatable bonds is 5. The van der Waals surface area contributed by atoms with Gasteiger partial charge in [0, 0.05) is 37.2 Å². The quantitative estimate of drug-likeness (QED) is 0.903. The van der Waals surface area contributed by atoms with Gasteiger partial charge in [-0.05, 0) is 25.3 Å². The number of piperidine rings is 1. The minimum Gasteiger partial charge on any atom is -0.360 e. The van der Waals surface area contributed by atoms with Gasteiger partial charge in [0.15, 0.2) is 5.69 Å². The standard InChI is InChI=1S/C20H27N3O2/c1-14(2)19-12-18(22-25-19)20(24)21-17-9-10-23(15(3)11-17)13-16-7-5-4-6-8-16/h4-8,12,14-15,17H,9-11,13H2,1-3H3,(H,21,24)/t15-,17-/m0/s1. The van der Waals surface area contributed by atoms with Crippen molar-refractivity contribution in [2.24, 2.45) is 0 Å². The van der Waals surface area contributed by atoms with Crippen molar-refractivity contribution in [2.45, 2.75) is 58.2 Å². The Bertz CT molecular complexity index is 696. The second-order valence-corrected chi connectivity index (χ2v) is 7.27. The molecule has 5 heteroatoms. The summed E-state index contributed by atoms with van der Waals surface area (Å²) in [6, 6.07) is 12.9. The molecule has 1 aromatic heterocycles. The zero-order valence-electron chi connectivity index (χ0n) is 15.2. The van der Waals surface area contributed by atoms with Crippen LogP contribution in [0.4, 0.5) is 0 Å². The molecule has 0 saturated carbocycles. The molecule has 1 aliphatic heterocycles. The van der Waals surface area contributed by atoms with Crippen molar-refractivity contribution in [1.82, 2.24) is 15.4 Å². The van der Waals surface area contributed by atoms with Crippen LogP contribution in [-0.4, -0.2) is 34.6 Å². The van der Waals surface area contributed by atoms with E-state index in [4.69, 9.17) is 4.52 Å². The van der Waals surface area contributed by atoms with Crippen LogP contribution in [0.2, 0.25) is 0 Å². The Morgan fingerprint density at radius 1 is 1.36 bits per heavy atom. The number of hydrogen-bond acceptors (Lipinski definition) is 4. The number of nitrogens with zero attached hydrogens (tertiary/aromatic N) is 2. The van der Waals surface area contributed by atoms with E-state index >= 15 is 0 Å². The van der Waals surface area contributed by atoms with Crippen LogP contribution in [0.3, 0.4) is 0 Å². The first-order chi connectivity index (χ1) is 12.0. The first-order valence-corrected chi connectivity index (χ1v) is 9.08. The van der Waals surface area contributed by atoms with Crippen molar-refractivity contribution in [3.63, 3.8) is 0 Å². The lowest BCUT2D eigenvalue weighted by Crippen LogP contribution is -2.48. The van der Waals surface area contributed by atoms with Crippen LogP contribution in [0.5, 0.6) is 0 Å². The zero-order chi connectivity index (χ0) is 17.8. The number of hydrogen-bond donors (Lipinski definition) is 1. The fourth-order valence-electron chi connectivity index (χ4n) is 3.33. The lowest BCUT2D eigenvalue weighted by Gasteiger charge is -2.37. The van der Waals surface area contributed by atoms with E-state index in [0.717, 1.165) is 31.7 Å². The summed E-state index contributed by atoms with van der Waals surface area (Å²) in [5, 5.41) is 7.01. The van der Waals surface area contributed by atoms with Crippen LogP contribution in [0, 0.1) is 0 Å². The number of benzene rings is 1. The van der Waals surface area contributed by atoms with Gasteiger partial charge in [0.2, 0.25) is 0 Å². The summed E-state index contributed by atoms with van der Waals surface area (Å²) in [6.45, 7) is 8.22. The SMILES string of the molecule is CC(C)c1cc(C(=O)N[C@H]2CCN(Cc3ccccc3)[C@@H](C)C2)no1. The van der Waals surface area contributed by atoms with E-state index in [0.29, 0.717) is 11.7 Å². The Labute approximate surface area is 149 Å². The maximum atomic E-state index is 12.4. The Morgan fingerprint density at radius 3 is 2.76 bits per heavy atom. The molecule has 1 aliphatic rings. The largest absolute Gasteiger partial charge is 0.360 e. The molecule has 2 atom stereocenters. The van der Waals surface area contributed by atoms with E-state index in [1.165, 1.54) is 5.56 Å². The van der Waals surface area contributed by atoms with Gasteiger partial charge in [-0.1, -0.05) is 49.3 Å². The Morgan fingerprint density at radius 2 is 2.12 bits per heavy atom. The van der Waals surface area contributed by atoms with E-state index in [1.54, 1.807) is 6.07 Å². The van der Waals surface area contributed by atoms with Crippen LogP contribution < -0.4 is 5.32 Å². The van der Waals surface area contributed by atoms with E-state index < -0.39 is 0 Å². The molecule has 2 heterocycles. The molecule has 1 aromatic carbocycles. The molecule has 3 rings (SSSR count). The molecule has 2 aromatic rings. The van der Waals surface area contributed by atoms with Crippen molar-refractivity contribution < 1.29 is 9.32 Å². The number of nitrogens with one attached hydrogen (secondary N) is 1. The summed E-state index contributed by atoms with van der Waals surface area (Å²) in [4.78, 5) is 14.9. The first-order valence-electron chi connectivity index (χ1n) is 9.08. The Kier molecular flexibility index (Phi) is 5.53. The van der Waals surface area contributed by atoms with Crippen LogP contribution >= 0.6 is 0 Å². The normalized spacial score (nSPS) is 21.4. The van der Waals surface area contributed by atoms with E-state index in [1.807, 2.05) is 19.9 Å². The van der Waals surface area contributed by atoms with Crippen LogP contribution in [0.15, 0.2) is 40.9 Å². The van der Waals surface area contributed by atoms with E-state index in [2.05, 4.69) is 46.6 Å². The smallest absolute Gasteiger partial charge is 0.273 e. The minimum absolute atomic E-state index is 0.135. The molecule has 0 unspecified atom stereocenters. The lowest BCUT2D eigenvalue weighted by molar-refractivity contribution is 0.0858. The third kappa shape index (κ3) is 4.48. The van der Waals surface area contributed by atoms with Crippen LogP contribution in [0.1, 0.15) is 61.3 Å². The van der Waals surface area contributed by atoms with Crippen molar-refractivity contribution >= 4 is 5.91 Å². The number of amides is 1. The fraction of sp³-hybridized carbons (Fsp3) is 0.500. The Hall–Kier alpha value is -2.14. The highest BCUT2D eigenvalue weighted by Crippen LogP contribution is 2.21. The highest BCUT2D eigenvalue weighted by atomic mass is 16.5. The summed E-state index contributed by atoms with van der Waals surface area (Å²) in [7, 11) is 0. The highest BCUT2D eigenvalue weighted by Gasteiger charge is 2.27. The molecule has 25 heavy (non-hydrogen) atoms. The van der Waals surface area contributed by atoms with Gasteiger partial charge in [-0.3, -0.25) is 9.69 Å². The second-order valence-electron chi connectivity index (χ2n) is 7.27. The summed E-state index contributed by atoms with van der Waals surface area (Å²) in [5.41, 5.74) is 1.71. The highest BCUT2D eigenvalue weighted by molar-refractivity contribution is 5.92. The van der Waals surface area contributed by atoms with Gasteiger partial charge in [0.25, 0.3) is 5.91 Å². The van der Waals surface area contributed by atoms with Crippen molar-refractivity contribution in [3.8, 4) is 0 Å². The van der Waals surface area contributed by atoms with E-state index in [-0.39, 0.29) is 17.9 Å². The third-order valence-electron chi connectivity index (χ3n) is 4.91. The molecule has 134 valence electrons. The Balaban J connectivity index is 1.53. The average molecular weight is 341 g/mol. The van der Waals surface area contributed by atoms with Gasteiger partial charge in [-0.25, -0.2) is 0 Å². The third-order valence-corrected chi connectivity index (χ3v) is 4.91. The molecule has 0 aliphatic carbocycles. The maximum Gasteiger partial charge on any atom is 0.273 e. The van der Waals surface area contributed by atoms with Gasteiger partial charge in [0.1, 0.15) is 5.76 Å². The topological polar surface area (TPSA) is 58.4 Å². The molecular formula is C20H27N3O2. The molecule has 1 fully saturated rings. The van der Waals surface area contributed by atoms with Crippen molar-refractivity contribution in [2.75, 3.05) is 6.54 Å². The first kappa shape index (κ1) is 17.7. The molecule has 0 radical (unpaired) electrons. The molecule has 5 nitrogen and oxygen atoms in total. The molecular weight excluding hydrogens is 314 g/mol. The maximum absolute atomic E-state index is 12.4. The predicted molar refractivity (Wildman–Crippen MR) is 97.4 cm³/mol. The van der Waals surface area contributed by atoms with Crippen LogP contribution in [-0.2, 0) is 6.54 Å². The second kappa shape index (κ2) is 7.83. The van der Waals surface area contributed by atoms with Gasteiger partial charge in [-0.2, -0.15) is 0 Å². The molecule has 1 saturated heterocycles. The minimum atomic E-state index is -0.135. The summed E-state index contributed by atoms with van der Waals surface area (Å²) < 4.78 is 5.22. The number of carbonyl (C=O) groups excluding carboxylic acids is 1. The predicted octanol–water partition coefficient (Wildman–Crippen LogP) is 3.58. The van der Waals surface area contributed by atoms with Gasteiger partial charge in [0.05, 0.1) is 0 Å². The molecule has 1 N–H and O–H groups in total. The molecule has 0 spiro atoms.